The number of alkyl halides is 1. The van der Waals surface area contributed by atoms with Crippen molar-refractivity contribution in [3.8, 4) is 0 Å². The number of fused-ring (bicyclic) bond motifs is 5. The fourth-order valence-electron chi connectivity index (χ4n) is 11.3. The van der Waals surface area contributed by atoms with E-state index in [0.717, 1.165) is 58.2 Å². The smallest absolute Gasteiger partial charge is 0.262 e. The summed E-state index contributed by atoms with van der Waals surface area (Å²) in [7, 11) is 0. The zero-order valence-corrected chi connectivity index (χ0v) is 35.9. The molecule has 4 aromatic rings. The summed E-state index contributed by atoms with van der Waals surface area (Å²) in [5.74, 6) is -3.44. The van der Waals surface area contributed by atoms with Crippen LogP contribution in [-0.2, 0) is 33.9 Å². The highest BCUT2D eigenvalue weighted by molar-refractivity contribution is 6.23. The van der Waals surface area contributed by atoms with E-state index in [9.17, 15) is 24.0 Å². The average Bonchev–Trinajstić information content (AvgIpc) is 3.88. The van der Waals surface area contributed by atoms with Gasteiger partial charge in [-0.2, -0.15) is 0 Å². The standard InChI is InChI=1S/C48H52F3N7O5/c1-27-18-32-31-6-4-5-7-37(31)52-42(32)43(57(27)26-47(2,3)51)41-35(49)21-30(22-36(41)50)55-14-10-48(11-15-55)12-16-56(17-13-48)40(60)25-54-23-28-19-33-34(20-29(28)24-54)46(63)58(45(33)62)38-8-9-39(59)53-44(38)61/h4-7,19-22,27,38,43,52H,8-18,23-26H2,1-3H3,(H,53,59,61)/t27-,38?,43-/m1/s1. The molecule has 0 saturated carbocycles. The zero-order chi connectivity index (χ0) is 44.1. The summed E-state index contributed by atoms with van der Waals surface area (Å²) in [6.07, 6.45) is 4.12. The van der Waals surface area contributed by atoms with Crippen LogP contribution in [0.25, 0.3) is 10.9 Å². The minimum atomic E-state index is -1.58. The summed E-state index contributed by atoms with van der Waals surface area (Å²) >= 11 is 0. The number of piperidine rings is 3. The van der Waals surface area contributed by atoms with Crippen LogP contribution in [0.2, 0.25) is 0 Å². The Morgan fingerprint density at radius 2 is 1.49 bits per heavy atom. The van der Waals surface area contributed by atoms with Crippen LogP contribution >= 0.6 is 0 Å². The van der Waals surface area contributed by atoms with Crippen molar-refractivity contribution in [2.24, 2.45) is 5.41 Å². The number of anilines is 1. The Morgan fingerprint density at radius 3 is 2.11 bits per heavy atom. The number of aromatic nitrogens is 1. The highest BCUT2D eigenvalue weighted by atomic mass is 19.1. The lowest BCUT2D eigenvalue weighted by Crippen LogP contribution is -2.54. The number of carbonyl (C=O) groups is 5. The van der Waals surface area contributed by atoms with E-state index in [1.54, 1.807) is 12.1 Å². The van der Waals surface area contributed by atoms with Gasteiger partial charge >= 0.3 is 0 Å². The number of hydrogen-bond donors (Lipinski definition) is 2. The van der Waals surface area contributed by atoms with Gasteiger partial charge in [-0.1, -0.05) is 18.2 Å². The molecular weight excluding hydrogens is 812 g/mol. The second kappa shape index (κ2) is 15.3. The van der Waals surface area contributed by atoms with Crippen LogP contribution < -0.4 is 10.2 Å². The first kappa shape index (κ1) is 41.5. The molecule has 63 heavy (non-hydrogen) atoms. The topological polar surface area (TPSA) is 129 Å². The van der Waals surface area contributed by atoms with E-state index < -0.39 is 53.0 Å². The summed E-state index contributed by atoms with van der Waals surface area (Å²) in [6.45, 7) is 8.59. The van der Waals surface area contributed by atoms with Gasteiger partial charge in [0, 0.05) is 86.1 Å². The number of likely N-dealkylation sites (tertiary alicyclic amines) is 1. The van der Waals surface area contributed by atoms with Gasteiger partial charge in [-0.25, -0.2) is 13.2 Å². The summed E-state index contributed by atoms with van der Waals surface area (Å²) < 4.78 is 48.3. The normalized spacial score (nSPS) is 24.0. The Morgan fingerprint density at radius 1 is 0.873 bits per heavy atom. The van der Waals surface area contributed by atoms with Crippen LogP contribution in [0.5, 0.6) is 0 Å². The molecule has 6 aliphatic rings. The Kier molecular flexibility index (Phi) is 10.1. The average molecular weight is 864 g/mol. The fourth-order valence-corrected chi connectivity index (χ4v) is 11.3. The van der Waals surface area contributed by atoms with Crippen molar-refractivity contribution in [2.75, 3.05) is 44.2 Å². The van der Waals surface area contributed by atoms with Crippen molar-refractivity contribution in [3.05, 3.63) is 99.2 Å². The number of imide groups is 2. The van der Waals surface area contributed by atoms with Crippen molar-refractivity contribution < 1.29 is 37.1 Å². The van der Waals surface area contributed by atoms with Gasteiger partial charge in [-0.05, 0) is 112 Å². The number of hydrogen-bond acceptors (Lipinski definition) is 8. The van der Waals surface area contributed by atoms with Gasteiger partial charge in [0.25, 0.3) is 11.8 Å². The minimum absolute atomic E-state index is 0.0158. The highest BCUT2D eigenvalue weighted by Crippen LogP contribution is 2.46. The van der Waals surface area contributed by atoms with Gasteiger partial charge in [-0.15, -0.1) is 0 Å². The maximum Gasteiger partial charge on any atom is 0.262 e. The van der Waals surface area contributed by atoms with Crippen LogP contribution in [0, 0.1) is 17.0 Å². The maximum atomic E-state index is 16.5. The Labute approximate surface area is 363 Å². The summed E-state index contributed by atoms with van der Waals surface area (Å²) in [5.41, 5.74) is 3.67. The Hall–Kier alpha value is -5.54. The van der Waals surface area contributed by atoms with Gasteiger partial charge in [0.15, 0.2) is 0 Å². The van der Waals surface area contributed by atoms with Gasteiger partial charge < -0.3 is 14.8 Å². The molecule has 3 atom stereocenters. The van der Waals surface area contributed by atoms with E-state index in [0.29, 0.717) is 57.1 Å². The third kappa shape index (κ3) is 7.30. The molecule has 1 unspecified atom stereocenters. The number of nitrogens with one attached hydrogen (secondary N) is 2. The molecule has 330 valence electrons. The molecule has 6 aliphatic heterocycles. The number of nitrogens with zero attached hydrogens (tertiary/aromatic N) is 5. The van der Waals surface area contributed by atoms with Crippen molar-refractivity contribution in [1.82, 2.24) is 29.9 Å². The van der Waals surface area contributed by atoms with E-state index in [1.165, 1.54) is 26.0 Å². The molecule has 2 N–H and O–H groups in total. The van der Waals surface area contributed by atoms with Crippen LogP contribution in [0.4, 0.5) is 18.9 Å². The van der Waals surface area contributed by atoms with Crippen LogP contribution in [0.1, 0.15) is 114 Å². The van der Waals surface area contributed by atoms with Crippen molar-refractivity contribution in [3.63, 3.8) is 0 Å². The Balaban J connectivity index is 0.762. The first-order valence-corrected chi connectivity index (χ1v) is 22.2. The number of rotatable bonds is 7. The fraction of sp³-hybridized carbons (Fsp3) is 0.479. The molecule has 7 heterocycles. The lowest BCUT2D eigenvalue weighted by atomic mass is 9.71. The minimum Gasteiger partial charge on any atom is -0.371 e. The second-order valence-electron chi connectivity index (χ2n) is 19.4. The molecule has 0 aliphatic carbocycles. The molecule has 3 aromatic carbocycles. The first-order chi connectivity index (χ1) is 30.1. The number of halogens is 3. The summed E-state index contributed by atoms with van der Waals surface area (Å²) in [6, 6.07) is 12.1. The predicted octanol–water partition coefficient (Wildman–Crippen LogP) is 6.16. The van der Waals surface area contributed by atoms with Gasteiger partial charge in [-0.3, -0.25) is 44.0 Å². The second-order valence-corrected chi connectivity index (χ2v) is 19.4. The third-order valence-electron chi connectivity index (χ3n) is 14.7. The SMILES string of the molecule is C[C@@H]1Cc2c([nH]c3ccccc23)[C@@H](c2c(F)cc(N3CCC4(CCN(C(=O)CN5Cc6cc7c(cc6C5)C(=O)N(C5CCC(=O)NC5=O)C7=O)CC4)CC3)cc2F)N1CC(C)(C)F. The van der Waals surface area contributed by atoms with Gasteiger partial charge in [0.2, 0.25) is 17.7 Å². The van der Waals surface area contributed by atoms with E-state index in [-0.39, 0.29) is 60.0 Å². The zero-order valence-electron chi connectivity index (χ0n) is 35.9. The molecular formula is C48H52F3N7O5. The summed E-state index contributed by atoms with van der Waals surface area (Å²) in [5, 5.41) is 3.23. The maximum absolute atomic E-state index is 16.5. The Bertz CT molecular complexity index is 2520. The number of amides is 5. The van der Waals surface area contributed by atoms with Crippen molar-refractivity contribution in [1.29, 1.82) is 0 Å². The summed E-state index contributed by atoms with van der Waals surface area (Å²) in [4.78, 5) is 76.7. The quantitative estimate of drug-likeness (QED) is 0.212. The monoisotopic (exact) mass is 863 g/mol. The molecule has 3 saturated heterocycles. The third-order valence-corrected chi connectivity index (χ3v) is 14.7. The van der Waals surface area contributed by atoms with E-state index in [4.69, 9.17) is 0 Å². The lowest BCUT2D eigenvalue weighted by molar-refractivity contribution is -0.137. The van der Waals surface area contributed by atoms with Crippen LogP contribution in [0.15, 0.2) is 48.5 Å². The molecule has 12 nitrogen and oxygen atoms in total. The molecule has 5 amide bonds. The van der Waals surface area contributed by atoms with Crippen LogP contribution in [-0.4, -0.2) is 111 Å². The van der Waals surface area contributed by atoms with Crippen LogP contribution in [0.3, 0.4) is 0 Å². The molecule has 3 fully saturated rings. The van der Waals surface area contributed by atoms with Crippen molar-refractivity contribution >= 4 is 46.1 Å². The van der Waals surface area contributed by atoms with Crippen molar-refractivity contribution in [2.45, 2.75) is 103 Å². The molecule has 1 aromatic heterocycles. The van der Waals surface area contributed by atoms with E-state index in [2.05, 4.69) is 10.3 Å². The predicted molar refractivity (Wildman–Crippen MR) is 228 cm³/mol. The number of benzene rings is 3. The number of carbonyl (C=O) groups excluding carboxylic acids is 5. The van der Waals surface area contributed by atoms with E-state index >= 15 is 13.2 Å². The lowest BCUT2D eigenvalue weighted by Gasteiger charge is -2.47. The largest absolute Gasteiger partial charge is 0.371 e. The molecule has 0 radical (unpaired) electrons. The molecule has 0 bridgehead atoms. The number of aromatic amines is 1. The number of H-pyrrole nitrogens is 1. The first-order valence-electron chi connectivity index (χ1n) is 22.2. The number of para-hydroxylation sites is 1. The van der Waals surface area contributed by atoms with Gasteiger partial charge in [0.1, 0.15) is 23.3 Å². The molecule has 1 spiro atoms. The van der Waals surface area contributed by atoms with E-state index in [1.807, 2.05) is 50.8 Å². The molecule has 15 heteroatoms. The highest BCUT2D eigenvalue weighted by Gasteiger charge is 2.46. The molecule has 10 rings (SSSR count). The van der Waals surface area contributed by atoms with Gasteiger partial charge in [0.05, 0.1) is 23.7 Å².